The van der Waals surface area contributed by atoms with Crippen LogP contribution < -0.4 is 5.73 Å². The molecule has 0 aliphatic heterocycles. The van der Waals surface area contributed by atoms with E-state index >= 15 is 0 Å². The number of carboxylic acids is 3. The largest absolute Gasteiger partial charge is 0.481 e. The maximum Gasteiger partial charge on any atom is 0.336 e. The van der Waals surface area contributed by atoms with E-state index in [0.29, 0.717) is 0 Å². The number of rotatable bonds is 8. The number of aliphatic carboxylic acids is 3. The van der Waals surface area contributed by atoms with E-state index in [4.69, 9.17) is 26.2 Å². The van der Waals surface area contributed by atoms with Gasteiger partial charge in [-0.05, 0) is 32.8 Å². The molecule has 150 valence electrons. The van der Waals surface area contributed by atoms with Crippen LogP contribution in [0.25, 0.3) is 0 Å². The van der Waals surface area contributed by atoms with Gasteiger partial charge in [0.25, 0.3) is 0 Å². The maximum absolute atomic E-state index is 11.0. The molecule has 0 amide bonds. The number of ketones is 1. The highest BCUT2D eigenvalue weighted by Gasteiger charge is 2.40. The summed E-state index contributed by atoms with van der Waals surface area (Å²) in [5.74, 6) is -4.92. The minimum Gasteiger partial charge on any atom is -0.481 e. The fourth-order valence-electron chi connectivity index (χ4n) is 2.10. The van der Waals surface area contributed by atoms with Crippen LogP contribution in [-0.4, -0.2) is 55.3 Å². The molecular formula is C18H25NO8. The molecule has 0 bridgehead atoms. The van der Waals surface area contributed by atoms with Gasteiger partial charge in [-0.3, -0.25) is 14.4 Å². The summed E-state index contributed by atoms with van der Waals surface area (Å²) in [6.07, 6.45) is -1.46. The van der Waals surface area contributed by atoms with Crippen LogP contribution in [0.5, 0.6) is 0 Å². The van der Waals surface area contributed by atoms with E-state index in [-0.39, 0.29) is 11.3 Å². The van der Waals surface area contributed by atoms with E-state index in [1.54, 1.807) is 6.92 Å². The van der Waals surface area contributed by atoms with E-state index in [0.717, 1.165) is 12.0 Å². The van der Waals surface area contributed by atoms with Gasteiger partial charge in [-0.1, -0.05) is 24.3 Å². The van der Waals surface area contributed by atoms with Crippen molar-refractivity contribution in [3.8, 4) is 0 Å². The summed E-state index contributed by atoms with van der Waals surface area (Å²) < 4.78 is 0. The van der Waals surface area contributed by atoms with Gasteiger partial charge in [0.2, 0.25) is 0 Å². The molecule has 0 aliphatic rings. The highest BCUT2D eigenvalue weighted by atomic mass is 16.4. The Morgan fingerprint density at radius 2 is 1.33 bits per heavy atom. The molecule has 9 nitrogen and oxygen atoms in total. The summed E-state index contributed by atoms with van der Waals surface area (Å²) >= 11 is 0. The summed E-state index contributed by atoms with van der Waals surface area (Å²) in [6.45, 7) is 5.56. The molecule has 0 fully saturated rings. The number of carbonyl (C=O) groups is 4. The summed E-state index contributed by atoms with van der Waals surface area (Å²) in [6, 6.07) is 7.63. The second-order valence-corrected chi connectivity index (χ2v) is 6.90. The van der Waals surface area contributed by atoms with Crippen LogP contribution in [0, 0.1) is 0 Å². The number of carboxylic acid groups (broad SMARTS) is 3. The van der Waals surface area contributed by atoms with Gasteiger partial charge in [0.1, 0.15) is 0 Å². The van der Waals surface area contributed by atoms with Crippen molar-refractivity contribution in [3.05, 3.63) is 35.4 Å². The second kappa shape index (κ2) is 9.79. The number of benzene rings is 1. The third-order valence-corrected chi connectivity index (χ3v) is 3.31. The molecule has 0 saturated carbocycles. The standard InChI is InChI=1S/C12H17NO.C6H8O7/c1-9(14)11-6-4-10(5-7-11)8-12(2,3)13;7-3(8)1-6(13,5(11)12)2-4(9)10/h4-7H,8,13H2,1-3H3;13H,1-2H2,(H,7,8)(H,9,10)(H,11,12). The van der Waals surface area contributed by atoms with E-state index in [1.807, 2.05) is 38.1 Å². The van der Waals surface area contributed by atoms with Gasteiger partial charge in [0.05, 0.1) is 12.8 Å². The highest BCUT2D eigenvalue weighted by Crippen LogP contribution is 2.15. The molecule has 0 heterocycles. The minimum atomic E-state index is -2.74. The van der Waals surface area contributed by atoms with Crippen molar-refractivity contribution in [2.24, 2.45) is 5.73 Å². The van der Waals surface area contributed by atoms with Gasteiger partial charge < -0.3 is 26.2 Å². The zero-order valence-corrected chi connectivity index (χ0v) is 15.4. The number of Topliss-reactive ketones (excluding diaryl/α,β-unsaturated/α-hetero) is 1. The number of hydrogen-bond acceptors (Lipinski definition) is 6. The number of aliphatic hydroxyl groups is 1. The SMILES string of the molecule is CC(=O)c1ccc(CC(C)(C)N)cc1.O=C(O)CC(O)(CC(=O)O)C(=O)O. The zero-order valence-electron chi connectivity index (χ0n) is 15.4. The van der Waals surface area contributed by atoms with Crippen LogP contribution in [0.1, 0.15) is 49.5 Å². The Morgan fingerprint density at radius 1 is 0.926 bits per heavy atom. The molecular weight excluding hydrogens is 358 g/mol. The number of hydrogen-bond donors (Lipinski definition) is 5. The van der Waals surface area contributed by atoms with Crippen LogP contribution in [-0.2, 0) is 20.8 Å². The molecule has 0 atom stereocenters. The van der Waals surface area contributed by atoms with Crippen LogP contribution in [0.3, 0.4) is 0 Å². The molecule has 1 aromatic rings. The molecule has 0 radical (unpaired) electrons. The molecule has 1 rings (SSSR count). The third kappa shape index (κ3) is 10.1. The van der Waals surface area contributed by atoms with Crippen LogP contribution in [0.4, 0.5) is 0 Å². The molecule has 0 saturated heterocycles. The lowest BCUT2D eigenvalue weighted by Gasteiger charge is -2.18. The Labute approximate surface area is 156 Å². The predicted octanol–water partition coefficient (Wildman–Crippen LogP) is 0.921. The van der Waals surface area contributed by atoms with Crippen LogP contribution >= 0.6 is 0 Å². The Morgan fingerprint density at radius 3 is 1.59 bits per heavy atom. The van der Waals surface area contributed by atoms with Crippen molar-refractivity contribution < 1.29 is 39.6 Å². The molecule has 0 spiro atoms. The highest BCUT2D eigenvalue weighted by molar-refractivity contribution is 5.94. The Hall–Kier alpha value is -2.78. The summed E-state index contributed by atoms with van der Waals surface area (Å²) in [5.41, 5.74) is 4.89. The van der Waals surface area contributed by atoms with Gasteiger partial charge in [0.15, 0.2) is 11.4 Å². The Balaban J connectivity index is 0.000000503. The quantitative estimate of drug-likeness (QED) is 0.409. The fourth-order valence-corrected chi connectivity index (χ4v) is 2.10. The monoisotopic (exact) mass is 383 g/mol. The minimum absolute atomic E-state index is 0.101. The van der Waals surface area contributed by atoms with Crippen molar-refractivity contribution in [2.75, 3.05) is 0 Å². The summed E-state index contributed by atoms with van der Waals surface area (Å²) in [5, 5.41) is 33.8. The lowest BCUT2D eigenvalue weighted by molar-refractivity contribution is -0.170. The molecule has 1 aromatic carbocycles. The average Bonchev–Trinajstić information content (AvgIpc) is 2.44. The van der Waals surface area contributed by atoms with Crippen molar-refractivity contribution in [1.29, 1.82) is 0 Å². The van der Waals surface area contributed by atoms with Crippen molar-refractivity contribution >= 4 is 23.7 Å². The first-order valence-corrected chi connectivity index (χ1v) is 7.94. The fraction of sp³-hybridized carbons (Fsp3) is 0.444. The molecule has 0 unspecified atom stereocenters. The molecule has 27 heavy (non-hydrogen) atoms. The maximum atomic E-state index is 11.0. The van der Waals surface area contributed by atoms with Gasteiger partial charge in [-0.25, -0.2) is 4.79 Å². The van der Waals surface area contributed by atoms with Gasteiger partial charge in [-0.15, -0.1) is 0 Å². The topological polar surface area (TPSA) is 175 Å². The molecule has 0 aliphatic carbocycles. The Bertz CT molecular complexity index is 672. The number of nitrogens with two attached hydrogens (primary N) is 1. The van der Waals surface area contributed by atoms with Gasteiger partial charge in [-0.2, -0.15) is 0 Å². The predicted molar refractivity (Wildman–Crippen MR) is 95.5 cm³/mol. The third-order valence-electron chi connectivity index (χ3n) is 3.31. The molecule has 9 heteroatoms. The molecule has 6 N–H and O–H groups in total. The zero-order chi connectivity index (χ0) is 21.4. The first kappa shape index (κ1) is 24.2. The summed E-state index contributed by atoms with van der Waals surface area (Å²) in [4.78, 5) is 41.5. The van der Waals surface area contributed by atoms with E-state index in [1.165, 1.54) is 5.56 Å². The van der Waals surface area contributed by atoms with Crippen LogP contribution in [0.2, 0.25) is 0 Å². The smallest absolute Gasteiger partial charge is 0.336 e. The van der Waals surface area contributed by atoms with E-state index < -0.39 is 36.4 Å². The van der Waals surface area contributed by atoms with E-state index in [2.05, 4.69) is 0 Å². The normalized spacial score (nSPS) is 11.1. The number of carbonyl (C=O) groups excluding carboxylic acids is 1. The van der Waals surface area contributed by atoms with Gasteiger partial charge in [0, 0.05) is 11.1 Å². The average molecular weight is 383 g/mol. The lowest BCUT2D eigenvalue weighted by Crippen LogP contribution is -2.42. The van der Waals surface area contributed by atoms with Crippen molar-refractivity contribution in [3.63, 3.8) is 0 Å². The van der Waals surface area contributed by atoms with Crippen molar-refractivity contribution in [2.45, 2.75) is 51.2 Å². The molecule has 0 aromatic heterocycles. The summed E-state index contributed by atoms with van der Waals surface area (Å²) in [7, 11) is 0. The van der Waals surface area contributed by atoms with Crippen molar-refractivity contribution in [1.82, 2.24) is 0 Å². The first-order valence-electron chi connectivity index (χ1n) is 7.94. The Kier molecular flexibility index (Phi) is 8.78. The van der Waals surface area contributed by atoms with E-state index in [9.17, 15) is 19.2 Å². The van der Waals surface area contributed by atoms with Crippen LogP contribution in [0.15, 0.2) is 24.3 Å². The lowest BCUT2D eigenvalue weighted by atomic mass is 9.95. The first-order chi connectivity index (χ1) is 12.2. The van der Waals surface area contributed by atoms with Gasteiger partial charge >= 0.3 is 17.9 Å². The second-order valence-electron chi connectivity index (χ2n) is 6.90.